The minimum Gasteiger partial charge on any atom is -0.270 e. The molecule has 0 bridgehead atoms. The highest BCUT2D eigenvalue weighted by atomic mass is 32.2. The lowest BCUT2D eigenvalue weighted by Gasteiger charge is -2.32. The second-order valence-corrected chi connectivity index (χ2v) is 8.27. The van der Waals surface area contributed by atoms with Crippen LogP contribution in [0.1, 0.15) is 15.9 Å². The highest BCUT2D eigenvalue weighted by Gasteiger charge is 2.52. The van der Waals surface area contributed by atoms with Gasteiger partial charge in [0.1, 0.15) is 0 Å². The number of carbonyl (C=O) groups is 1. The number of non-ortho nitro benzene ring substituents is 1. The molecular weight excluding hydrogens is 386 g/mol. The predicted octanol–water partition coefficient (Wildman–Crippen LogP) is 1.26. The van der Waals surface area contributed by atoms with Crippen molar-refractivity contribution >= 4 is 27.5 Å². The van der Waals surface area contributed by atoms with E-state index in [1.165, 1.54) is 29.2 Å². The zero-order valence-electron chi connectivity index (χ0n) is 14.9. The topological polar surface area (TPSA) is 116 Å². The summed E-state index contributed by atoms with van der Waals surface area (Å²) in [5.41, 5.74) is 0.207. The lowest BCUT2D eigenvalue weighted by atomic mass is 10.2. The zero-order chi connectivity index (χ0) is 20.2. The average Bonchev–Trinajstić information content (AvgIpc) is 3.17. The van der Waals surface area contributed by atoms with Gasteiger partial charge < -0.3 is 0 Å². The van der Waals surface area contributed by atoms with E-state index in [1.807, 2.05) is 0 Å². The first-order valence-corrected chi connectivity index (χ1v) is 9.64. The number of amides is 1. The molecule has 0 radical (unpaired) electrons. The quantitative estimate of drug-likeness (QED) is 0.565. The average molecular weight is 401 g/mol. The monoisotopic (exact) mass is 401 g/mol. The molecule has 0 N–H and O–H groups in total. The van der Waals surface area contributed by atoms with Crippen molar-refractivity contribution in [2.75, 3.05) is 14.1 Å². The largest absolute Gasteiger partial charge is 0.277 e. The summed E-state index contributed by atoms with van der Waals surface area (Å²) in [5, 5.41) is 16.3. The molecule has 0 fully saturated rings. The van der Waals surface area contributed by atoms with E-state index >= 15 is 0 Å². The van der Waals surface area contributed by atoms with Gasteiger partial charge in [0.2, 0.25) is 0 Å². The summed E-state index contributed by atoms with van der Waals surface area (Å²) in [5.74, 6) is -0.495. The lowest BCUT2D eigenvalue weighted by Crippen LogP contribution is -2.53. The van der Waals surface area contributed by atoms with Crippen molar-refractivity contribution < 1.29 is 18.1 Å². The van der Waals surface area contributed by atoms with E-state index in [1.54, 1.807) is 32.3 Å². The van der Waals surface area contributed by atoms with E-state index < -0.39 is 27.1 Å². The van der Waals surface area contributed by atoms with Gasteiger partial charge in [-0.05, 0) is 32.3 Å². The number of benzene rings is 2. The maximum absolute atomic E-state index is 13.0. The minimum absolute atomic E-state index is 0.0391. The number of hydrogen-bond acceptors (Lipinski definition) is 7. The van der Waals surface area contributed by atoms with Gasteiger partial charge in [-0.1, -0.05) is 18.2 Å². The van der Waals surface area contributed by atoms with E-state index in [9.17, 15) is 23.3 Å². The highest BCUT2D eigenvalue weighted by molar-refractivity contribution is 7.90. The molecule has 2 aliphatic heterocycles. The maximum atomic E-state index is 13.0. The highest BCUT2D eigenvalue weighted by Crippen LogP contribution is 2.38. The van der Waals surface area contributed by atoms with Crippen LogP contribution < -0.4 is 0 Å². The van der Waals surface area contributed by atoms with Crippen molar-refractivity contribution in [2.45, 2.75) is 11.2 Å². The molecular formula is C17H15N5O5S. The molecule has 0 aromatic heterocycles. The molecule has 0 aliphatic carbocycles. The Bertz CT molecular complexity index is 1140. The van der Waals surface area contributed by atoms with Crippen molar-refractivity contribution in [3.63, 3.8) is 0 Å². The first-order chi connectivity index (χ1) is 13.2. The maximum Gasteiger partial charge on any atom is 0.277 e. The first-order valence-electron chi connectivity index (χ1n) is 8.20. The Kier molecular flexibility index (Phi) is 3.94. The predicted molar refractivity (Wildman–Crippen MR) is 98.7 cm³/mol. The normalized spacial score (nSPS) is 19.4. The van der Waals surface area contributed by atoms with Gasteiger partial charge in [-0.2, -0.15) is 5.01 Å². The third-order valence-electron chi connectivity index (χ3n) is 4.48. The van der Waals surface area contributed by atoms with E-state index in [2.05, 4.69) is 5.10 Å². The molecule has 11 heteroatoms. The Morgan fingerprint density at radius 1 is 1.18 bits per heavy atom. The number of hydrazone groups is 1. The van der Waals surface area contributed by atoms with Crippen molar-refractivity contribution in [1.29, 1.82) is 0 Å². The number of carbonyl (C=O) groups excluding carboxylic acids is 1. The van der Waals surface area contributed by atoms with Gasteiger partial charge >= 0.3 is 0 Å². The number of hydrogen-bond donors (Lipinski definition) is 0. The molecule has 1 amide bonds. The number of rotatable bonds is 3. The lowest BCUT2D eigenvalue weighted by molar-refractivity contribution is -0.384. The van der Waals surface area contributed by atoms with Crippen LogP contribution in [0.25, 0.3) is 0 Å². The van der Waals surface area contributed by atoms with Crippen LogP contribution in [0, 0.1) is 10.1 Å². The summed E-state index contributed by atoms with van der Waals surface area (Å²) in [4.78, 5) is 25.1. The van der Waals surface area contributed by atoms with Crippen molar-refractivity contribution in [3.8, 4) is 0 Å². The number of nitrogens with zero attached hydrogens (tertiary/aromatic N) is 5. The second kappa shape index (κ2) is 6.11. The Morgan fingerprint density at radius 3 is 2.57 bits per heavy atom. The fraction of sp³-hybridized carbons (Fsp3) is 0.176. The van der Waals surface area contributed by atoms with Gasteiger partial charge in [0.15, 0.2) is 12.1 Å². The molecule has 0 saturated carbocycles. The van der Waals surface area contributed by atoms with Crippen LogP contribution in [-0.4, -0.2) is 59.7 Å². The number of amidine groups is 1. The molecule has 2 aromatic carbocycles. The number of fused-ring (bicyclic) bond motifs is 3. The van der Waals surface area contributed by atoms with E-state index in [0.717, 1.165) is 15.4 Å². The van der Waals surface area contributed by atoms with Gasteiger partial charge in [0.25, 0.3) is 21.6 Å². The van der Waals surface area contributed by atoms with Crippen LogP contribution in [0.5, 0.6) is 0 Å². The fourth-order valence-corrected chi connectivity index (χ4v) is 5.05. The number of nitro groups is 1. The van der Waals surface area contributed by atoms with Gasteiger partial charge in [-0.15, -0.1) is 5.10 Å². The second-order valence-electron chi connectivity index (χ2n) is 6.49. The summed E-state index contributed by atoms with van der Waals surface area (Å²) < 4.78 is 27.1. The summed E-state index contributed by atoms with van der Waals surface area (Å²) in [7, 11) is -0.648. The molecule has 28 heavy (non-hydrogen) atoms. The van der Waals surface area contributed by atoms with Crippen LogP contribution in [0.2, 0.25) is 0 Å². The van der Waals surface area contributed by atoms with Crippen molar-refractivity contribution in [3.05, 3.63) is 69.8 Å². The molecule has 4 rings (SSSR count). The molecule has 2 aliphatic rings. The molecule has 0 spiro atoms. The van der Waals surface area contributed by atoms with Crippen LogP contribution in [0.15, 0.2) is 58.5 Å². The van der Waals surface area contributed by atoms with Crippen LogP contribution in [0.4, 0.5) is 5.69 Å². The SMILES string of the molecule is CN(C)[C@@H]1N(C(=O)c2cccc([N+](=O)[O-])c2)N=C2c3ccccc3S(=O)(=O)N21. The van der Waals surface area contributed by atoms with Crippen molar-refractivity contribution in [1.82, 2.24) is 14.2 Å². The minimum atomic E-state index is -3.89. The third-order valence-corrected chi connectivity index (χ3v) is 6.27. The fourth-order valence-electron chi connectivity index (χ4n) is 3.26. The van der Waals surface area contributed by atoms with Crippen molar-refractivity contribution in [2.24, 2.45) is 5.10 Å². The van der Waals surface area contributed by atoms with Gasteiger partial charge in [0, 0.05) is 23.3 Å². The van der Waals surface area contributed by atoms with Crippen LogP contribution >= 0.6 is 0 Å². The van der Waals surface area contributed by atoms with Gasteiger partial charge in [-0.25, -0.2) is 12.7 Å². The smallest absolute Gasteiger partial charge is 0.270 e. The molecule has 10 nitrogen and oxygen atoms in total. The van der Waals surface area contributed by atoms with Gasteiger partial charge in [-0.3, -0.25) is 19.8 Å². The zero-order valence-corrected chi connectivity index (χ0v) is 15.7. The van der Waals surface area contributed by atoms with E-state index in [-0.39, 0.29) is 22.0 Å². The molecule has 2 aromatic rings. The summed E-state index contributed by atoms with van der Waals surface area (Å²) in [6.45, 7) is 0. The van der Waals surface area contributed by atoms with E-state index in [0.29, 0.717) is 5.56 Å². The summed E-state index contributed by atoms with van der Waals surface area (Å²) >= 11 is 0. The number of sulfonamides is 1. The molecule has 1 atom stereocenters. The molecule has 0 saturated heterocycles. The summed E-state index contributed by atoms with van der Waals surface area (Å²) in [6, 6.07) is 11.7. The van der Waals surface area contributed by atoms with E-state index in [4.69, 9.17) is 0 Å². The standard InChI is InChI=1S/C17H15N5O5S/c1-19(2)17-20(16(23)11-6-5-7-12(10-11)22(24)25)18-15-13-8-3-4-9-14(13)28(26,27)21(15)17/h3-10,17H,1-2H3/t17-/m1/s1. The first kappa shape index (κ1) is 18.1. The number of nitro benzene ring substituents is 1. The Labute approximate surface area is 160 Å². The third kappa shape index (κ3) is 2.47. The van der Waals surface area contributed by atoms with Crippen LogP contribution in [0.3, 0.4) is 0 Å². The molecule has 2 heterocycles. The Hall–Kier alpha value is -3.31. The Morgan fingerprint density at radius 2 is 1.89 bits per heavy atom. The molecule has 0 unspecified atom stereocenters. The van der Waals surface area contributed by atoms with Crippen LogP contribution in [-0.2, 0) is 10.0 Å². The summed E-state index contributed by atoms with van der Waals surface area (Å²) in [6.07, 6.45) is -1.03. The Balaban J connectivity index is 1.83. The van der Waals surface area contributed by atoms with Gasteiger partial charge in [0.05, 0.1) is 9.82 Å². The molecule has 144 valence electrons.